The molecule has 1 amide bonds. The average Bonchev–Trinajstić information content (AvgIpc) is 3.14. The van der Waals surface area contributed by atoms with Gasteiger partial charge in [0.05, 0.1) is 11.0 Å². The number of benzene rings is 1. The Labute approximate surface area is 159 Å². The van der Waals surface area contributed by atoms with Gasteiger partial charge in [-0.3, -0.25) is 9.59 Å². The average molecular weight is 365 g/mol. The second-order valence-electron chi connectivity index (χ2n) is 8.06. The standard InChI is InChI=1S/C22H27N3O2/c1-16-13-17(2)15-23(14-16)21(26)10-6-12-25-19-8-4-3-7-18(19)24-11-5-9-20(24)22(25)27/h3-5,7-9,11,16-17H,6,10,12-15H2,1-2H3/t16-,17+. The van der Waals surface area contributed by atoms with E-state index in [4.69, 9.17) is 0 Å². The van der Waals surface area contributed by atoms with Crippen molar-refractivity contribution < 1.29 is 4.79 Å². The predicted molar refractivity (Wildman–Crippen MR) is 108 cm³/mol. The molecule has 0 spiro atoms. The predicted octanol–water partition coefficient (Wildman–Crippen LogP) is 3.54. The second kappa shape index (κ2) is 7.22. The first-order valence-corrected chi connectivity index (χ1v) is 9.91. The van der Waals surface area contributed by atoms with E-state index in [1.165, 1.54) is 6.42 Å². The lowest BCUT2D eigenvalue weighted by atomic mass is 9.91. The largest absolute Gasteiger partial charge is 0.342 e. The summed E-state index contributed by atoms with van der Waals surface area (Å²) < 4.78 is 3.76. The van der Waals surface area contributed by atoms with Gasteiger partial charge in [0.25, 0.3) is 5.56 Å². The van der Waals surface area contributed by atoms with Crippen LogP contribution in [0.4, 0.5) is 0 Å². The highest BCUT2D eigenvalue weighted by molar-refractivity contribution is 5.79. The van der Waals surface area contributed by atoms with Crippen LogP contribution in [0.2, 0.25) is 0 Å². The number of likely N-dealkylation sites (tertiary alicyclic amines) is 1. The van der Waals surface area contributed by atoms with E-state index in [0.717, 1.165) is 24.1 Å². The van der Waals surface area contributed by atoms with E-state index in [9.17, 15) is 9.59 Å². The minimum absolute atomic E-state index is 0.00589. The van der Waals surface area contributed by atoms with Crippen LogP contribution in [0.3, 0.4) is 0 Å². The molecule has 4 rings (SSSR count). The Kier molecular flexibility index (Phi) is 4.77. The zero-order chi connectivity index (χ0) is 19.0. The van der Waals surface area contributed by atoms with Gasteiger partial charge < -0.3 is 13.9 Å². The molecule has 1 fully saturated rings. The number of aromatic nitrogens is 2. The quantitative estimate of drug-likeness (QED) is 0.710. The molecule has 0 saturated carbocycles. The molecule has 3 heterocycles. The molecule has 0 bridgehead atoms. The SMILES string of the molecule is C[C@@H]1C[C@H](C)CN(C(=O)CCCn2c(=O)c3cccn3c3ccccc32)C1. The number of para-hydroxylation sites is 2. The maximum absolute atomic E-state index is 12.9. The normalized spacial score (nSPS) is 20.4. The topological polar surface area (TPSA) is 46.7 Å². The Bertz CT molecular complexity index is 1020. The Morgan fingerprint density at radius 3 is 2.41 bits per heavy atom. The zero-order valence-corrected chi connectivity index (χ0v) is 16.1. The van der Waals surface area contributed by atoms with Crippen LogP contribution >= 0.6 is 0 Å². The lowest BCUT2D eigenvalue weighted by Gasteiger charge is -2.35. The van der Waals surface area contributed by atoms with E-state index in [1.807, 2.05) is 56.5 Å². The number of piperidine rings is 1. The molecule has 1 saturated heterocycles. The molecule has 3 aromatic rings. The minimum atomic E-state index is 0.00589. The van der Waals surface area contributed by atoms with Gasteiger partial charge in [0.1, 0.15) is 5.52 Å². The Balaban J connectivity index is 1.53. The molecular weight excluding hydrogens is 338 g/mol. The van der Waals surface area contributed by atoms with Gasteiger partial charge in [-0.15, -0.1) is 0 Å². The maximum Gasteiger partial charge on any atom is 0.275 e. The minimum Gasteiger partial charge on any atom is -0.342 e. The van der Waals surface area contributed by atoms with Crippen LogP contribution in [-0.4, -0.2) is 32.9 Å². The van der Waals surface area contributed by atoms with Crippen LogP contribution in [0.15, 0.2) is 47.4 Å². The molecule has 27 heavy (non-hydrogen) atoms. The molecular formula is C22H27N3O2. The van der Waals surface area contributed by atoms with E-state index in [1.54, 1.807) is 0 Å². The summed E-state index contributed by atoms with van der Waals surface area (Å²) in [4.78, 5) is 27.6. The first kappa shape index (κ1) is 17.8. The summed E-state index contributed by atoms with van der Waals surface area (Å²) in [7, 11) is 0. The fourth-order valence-electron chi connectivity index (χ4n) is 4.54. The number of rotatable bonds is 4. The van der Waals surface area contributed by atoms with Crippen LogP contribution in [0.1, 0.15) is 33.1 Å². The Hall–Kier alpha value is -2.56. The molecule has 0 unspecified atom stereocenters. The van der Waals surface area contributed by atoms with Crippen molar-refractivity contribution in [2.75, 3.05) is 13.1 Å². The highest BCUT2D eigenvalue weighted by Gasteiger charge is 2.25. The molecule has 5 heteroatoms. The van der Waals surface area contributed by atoms with Gasteiger partial charge in [-0.25, -0.2) is 0 Å². The van der Waals surface area contributed by atoms with Crippen molar-refractivity contribution in [3.63, 3.8) is 0 Å². The number of amides is 1. The summed E-state index contributed by atoms with van der Waals surface area (Å²) in [5.41, 5.74) is 2.62. The highest BCUT2D eigenvalue weighted by atomic mass is 16.2. The molecule has 2 atom stereocenters. The van der Waals surface area contributed by atoms with Gasteiger partial charge in [0.15, 0.2) is 0 Å². The summed E-state index contributed by atoms with van der Waals surface area (Å²) >= 11 is 0. The summed E-state index contributed by atoms with van der Waals surface area (Å²) in [5, 5.41) is 0. The Morgan fingerprint density at radius 1 is 1.00 bits per heavy atom. The molecule has 0 N–H and O–H groups in total. The van der Waals surface area contributed by atoms with E-state index < -0.39 is 0 Å². The number of aryl methyl sites for hydroxylation is 1. The zero-order valence-electron chi connectivity index (χ0n) is 16.1. The molecule has 2 aromatic heterocycles. The molecule has 5 nitrogen and oxygen atoms in total. The van der Waals surface area contributed by atoms with E-state index in [0.29, 0.717) is 36.7 Å². The smallest absolute Gasteiger partial charge is 0.275 e. The van der Waals surface area contributed by atoms with Crippen LogP contribution in [0, 0.1) is 11.8 Å². The van der Waals surface area contributed by atoms with Crippen molar-refractivity contribution >= 4 is 22.5 Å². The number of carbonyl (C=O) groups is 1. The van der Waals surface area contributed by atoms with Crippen LogP contribution < -0.4 is 5.56 Å². The lowest BCUT2D eigenvalue weighted by molar-refractivity contribution is -0.134. The summed E-state index contributed by atoms with van der Waals surface area (Å²) in [6.45, 7) is 6.72. The van der Waals surface area contributed by atoms with Crippen molar-refractivity contribution in [2.24, 2.45) is 11.8 Å². The molecule has 142 valence electrons. The third-order valence-corrected chi connectivity index (χ3v) is 5.64. The van der Waals surface area contributed by atoms with Gasteiger partial charge in [-0.05, 0) is 48.9 Å². The van der Waals surface area contributed by atoms with Crippen LogP contribution in [0.5, 0.6) is 0 Å². The first-order chi connectivity index (χ1) is 13.0. The van der Waals surface area contributed by atoms with Crippen molar-refractivity contribution in [1.82, 2.24) is 13.9 Å². The van der Waals surface area contributed by atoms with E-state index in [2.05, 4.69) is 13.8 Å². The summed E-state index contributed by atoms with van der Waals surface area (Å²) in [5.74, 6) is 1.36. The van der Waals surface area contributed by atoms with Gasteiger partial charge in [0, 0.05) is 32.3 Å². The monoisotopic (exact) mass is 365 g/mol. The number of carbonyl (C=O) groups excluding carboxylic acids is 1. The fourth-order valence-corrected chi connectivity index (χ4v) is 4.54. The molecule has 1 aromatic carbocycles. The molecule has 1 aliphatic rings. The maximum atomic E-state index is 12.9. The summed E-state index contributed by atoms with van der Waals surface area (Å²) in [6, 6.07) is 11.7. The van der Waals surface area contributed by atoms with E-state index in [-0.39, 0.29) is 11.5 Å². The highest BCUT2D eigenvalue weighted by Crippen LogP contribution is 2.22. The third-order valence-electron chi connectivity index (χ3n) is 5.64. The molecule has 0 aliphatic carbocycles. The van der Waals surface area contributed by atoms with Crippen LogP contribution in [0.25, 0.3) is 16.6 Å². The number of hydrogen-bond donors (Lipinski definition) is 0. The lowest BCUT2D eigenvalue weighted by Crippen LogP contribution is -2.42. The summed E-state index contributed by atoms with van der Waals surface area (Å²) in [6.07, 6.45) is 4.29. The van der Waals surface area contributed by atoms with E-state index >= 15 is 0 Å². The number of hydrogen-bond acceptors (Lipinski definition) is 2. The van der Waals surface area contributed by atoms with Crippen molar-refractivity contribution in [3.05, 3.63) is 52.9 Å². The number of nitrogens with zero attached hydrogens (tertiary/aromatic N) is 3. The Morgan fingerprint density at radius 2 is 1.67 bits per heavy atom. The van der Waals surface area contributed by atoms with Gasteiger partial charge in [-0.2, -0.15) is 0 Å². The van der Waals surface area contributed by atoms with Crippen LogP contribution in [-0.2, 0) is 11.3 Å². The fraction of sp³-hybridized carbons (Fsp3) is 0.455. The molecule has 1 aliphatic heterocycles. The van der Waals surface area contributed by atoms with Gasteiger partial charge in [-0.1, -0.05) is 26.0 Å². The van der Waals surface area contributed by atoms with Crippen molar-refractivity contribution in [2.45, 2.75) is 39.7 Å². The number of fused-ring (bicyclic) bond motifs is 3. The first-order valence-electron chi connectivity index (χ1n) is 9.91. The third kappa shape index (κ3) is 3.38. The van der Waals surface area contributed by atoms with Gasteiger partial charge in [0.2, 0.25) is 5.91 Å². The van der Waals surface area contributed by atoms with Crippen molar-refractivity contribution in [1.29, 1.82) is 0 Å². The van der Waals surface area contributed by atoms with Gasteiger partial charge >= 0.3 is 0 Å². The van der Waals surface area contributed by atoms with Crippen molar-refractivity contribution in [3.8, 4) is 0 Å². The second-order valence-corrected chi connectivity index (χ2v) is 8.06. The molecule has 0 radical (unpaired) electrons.